The molecule has 0 aromatic heterocycles. The molecule has 0 aliphatic heterocycles. The lowest BCUT2D eigenvalue weighted by atomic mass is 10.1. The Morgan fingerprint density at radius 3 is 2.81 bits per heavy atom. The Bertz CT molecular complexity index is 419. The maximum atomic E-state index is 11.3. The van der Waals surface area contributed by atoms with Crippen LogP contribution < -0.4 is 0 Å². The third-order valence-electron chi connectivity index (χ3n) is 1.93. The molecule has 0 radical (unpaired) electrons. The van der Waals surface area contributed by atoms with Crippen LogP contribution in [0.25, 0.3) is 0 Å². The van der Waals surface area contributed by atoms with Gasteiger partial charge in [0.15, 0.2) is 5.78 Å². The highest BCUT2D eigenvalue weighted by Gasteiger charge is 2.16. The second-order valence-electron chi connectivity index (χ2n) is 3.18. The fourth-order valence-corrected chi connectivity index (χ4v) is 1.49. The number of carbonyl (C=O) groups is 1. The van der Waals surface area contributed by atoms with E-state index in [1.165, 1.54) is 25.3 Å². The topological polar surface area (TPSA) is 69.4 Å². The van der Waals surface area contributed by atoms with Crippen molar-refractivity contribution in [3.8, 4) is 0 Å². The molecule has 1 aromatic carbocycles. The molecule has 0 amide bonds. The summed E-state index contributed by atoms with van der Waals surface area (Å²) in [4.78, 5) is 21.5. The Kier molecular flexibility index (Phi) is 4.39. The molecule has 1 aromatic rings. The second kappa shape index (κ2) is 5.58. The van der Waals surface area contributed by atoms with Gasteiger partial charge in [-0.15, -0.1) is 0 Å². The molecule has 1 rings (SSSR count). The number of ketones is 1. The Hall–Kier alpha value is -1.46. The zero-order chi connectivity index (χ0) is 12.1. The molecule has 0 aliphatic rings. The normalized spacial score (nSPS) is 10.1. The van der Waals surface area contributed by atoms with E-state index in [1.54, 1.807) is 0 Å². The molecule has 0 saturated carbocycles. The number of ether oxygens (including phenoxy) is 1. The summed E-state index contributed by atoms with van der Waals surface area (Å²) in [5.74, 6) is -0.229. The molecule has 0 bridgehead atoms. The van der Waals surface area contributed by atoms with Crippen LogP contribution in [0, 0.1) is 10.1 Å². The first-order valence-corrected chi connectivity index (χ1v) is 4.86. The highest BCUT2D eigenvalue weighted by molar-refractivity contribution is 6.30. The standard InChI is InChI=1S/C10H10ClNO4/c1-16-6-9(13)5-7-4-8(11)2-3-10(7)12(14)15/h2-4H,5-6H2,1H3. The molecule has 0 heterocycles. The minimum absolute atomic E-state index is 0.0509. The maximum absolute atomic E-state index is 11.3. The van der Waals surface area contributed by atoms with Crippen LogP contribution in [0.3, 0.4) is 0 Å². The molecule has 0 fully saturated rings. The molecule has 16 heavy (non-hydrogen) atoms. The Morgan fingerprint density at radius 2 is 2.25 bits per heavy atom. The van der Waals surface area contributed by atoms with E-state index in [0.717, 1.165) is 0 Å². The molecule has 86 valence electrons. The zero-order valence-electron chi connectivity index (χ0n) is 8.60. The fourth-order valence-electron chi connectivity index (χ4n) is 1.30. The van der Waals surface area contributed by atoms with E-state index < -0.39 is 4.92 Å². The van der Waals surface area contributed by atoms with Crippen LogP contribution in [0.5, 0.6) is 0 Å². The van der Waals surface area contributed by atoms with Gasteiger partial charge in [-0.25, -0.2) is 0 Å². The van der Waals surface area contributed by atoms with Crippen LogP contribution in [0.15, 0.2) is 18.2 Å². The van der Waals surface area contributed by atoms with E-state index in [4.69, 9.17) is 11.6 Å². The predicted molar refractivity (Wildman–Crippen MR) is 58.7 cm³/mol. The average molecular weight is 244 g/mol. The number of carbonyl (C=O) groups excluding carboxylic acids is 1. The smallest absolute Gasteiger partial charge is 0.273 e. The molecular formula is C10H10ClNO4. The predicted octanol–water partition coefficient (Wildman–Crippen LogP) is 2.01. The second-order valence-corrected chi connectivity index (χ2v) is 3.62. The van der Waals surface area contributed by atoms with E-state index in [1.807, 2.05) is 0 Å². The number of halogens is 1. The fraction of sp³-hybridized carbons (Fsp3) is 0.300. The molecule has 6 heteroatoms. The lowest BCUT2D eigenvalue weighted by Gasteiger charge is -2.02. The molecule has 0 N–H and O–H groups in total. The van der Waals surface area contributed by atoms with Crippen molar-refractivity contribution in [2.24, 2.45) is 0 Å². The summed E-state index contributed by atoms with van der Waals surface area (Å²) in [6, 6.07) is 4.13. The van der Waals surface area contributed by atoms with Gasteiger partial charge in [-0.2, -0.15) is 0 Å². The van der Waals surface area contributed by atoms with Crippen molar-refractivity contribution in [2.45, 2.75) is 6.42 Å². The SMILES string of the molecule is COCC(=O)Cc1cc(Cl)ccc1[N+](=O)[O-]. The van der Waals surface area contributed by atoms with Gasteiger partial charge in [0.2, 0.25) is 0 Å². The van der Waals surface area contributed by atoms with Gasteiger partial charge < -0.3 is 4.74 Å². The monoisotopic (exact) mass is 243 g/mol. The number of hydrogen-bond acceptors (Lipinski definition) is 4. The summed E-state index contributed by atoms with van der Waals surface area (Å²) in [6.45, 7) is -0.0658. The van der Waals surface area contributed by atoms with Gasteiger partial charge in [0.25, 0.3) is 5.69 Å². The highest BCUT2D eigenvalue weighted by atomic mass is 35.5. The molecule has 0 saturated heterocycles. The van der Waals surface area contributed by atoms with E-state index in [0.29, 0.717) is 10.6 Å². The van der Waals surface area contributed by atoms with Crippen molar-refractivity contribution < 1.29 is 14.5 Å². The summed E-state index contributed by atoms with van der Waals surface area (Å²) >= 11 is 5.72. The number of nitro benzene ring substituents is 1. The molecule has 0 spiro atoms. The minimum Gasteiger partial charge on any atom is -0.377 e. The first kappa shape index (κ1) is 12.6. The summed E-state index contributed by atoms with van der Waals surface area (Å²) in [6.07, 6.45) is -0.0509. The van der Waals surface area contributed by atoms with Gasteiger partial charge >= 0.3 is 0 Å². The van der Waals surface area contributed by atoms with Crippen molar-refractivity contribution in [3.05, 3.63) is 38.9 Å². The quantitative estimate of drug-likeness (QED) is 0.586. The average Bonchev–Trinajstić information content (AvgIpc) is 2.17. The summed E-state index contributed by atoms with van der Waals surface area (Å²) in [5.41, 5.74) is 0.202. The lowest BCUT2D eigenvalue weighted by molar-refractivity contribution is -0.385. The van der Waals surface area contributed by atoms with E-state index in [9.17, 15) is 14.9 Å². The maximum Gasteiger partial charge on any atom is 0.273 e. The molecule has 0 aliphatic carbocycles. The number of methoxy groups -OCH3 is 1. The van der Waals surface area contributed by atoms with Crippen LogP contribution in [-0.4, -0.2) is 24.4 Å². The number of rotatable bonds is 5. The van der Waals surface area contributed by atoms with Crippen molar-refractivity contribution in [1.29, 1.82) is 0 Å². The number of nitrogens with zero attached hydrogens (tertiary/aromatic N) is 1. The van der Waals surface area contributed by atoms with Gasteiger partial charge in [0.05, 0.1) is 4.92 Å². The van der Waals surface area contributed by atoms with Crippen LogP contribution >= 0.6 is 11.6 Å². The third-order valence-corrected chi connectivity index (χ3v) is 2.17. The summed E-state index contributed by atoms with van der Waals surface area (Å²) in [7, 11) is 1.39. The van der Waals surface area contributed by atoms with Gasteiger partial charge in [0.1, 0.15) is 6.61 Å². The van der Waals surface area contributed by atoms with Crippen molar-refractivity contribution in [2.75, 3.05) is 13.7 Å². The van der Waals surface area contributed by atoms with Crippen LogP contribution in [0.1, 0.15) is 5.56 Å². The molecular weight excluding hydrogens is 234 g/mol. The Balaban J connectivity index is 2.96. The van der Waals surface area contributed by atoms with Crippen molar-refractivity contribution in [3.63, 3.8) is 0 Å². The summed E-state index contributed by atoms with van der Waals surface area (Å²) < 4.78 is 4.65. The van der Waals surface area contributed by atoms with Gasteiger partial charge in [-0.1, -0.05) is 11.6 Å². The highest BCUT2D eigenvalue weighted by Crippen LogP contribution is 2.23. The zero-order valence-corrected chi connectivity index (χ0v) is 9.36. The van der Waals surface area contributed by atoms with Crippen LogP contribution in [0.4, 0.5) is 5.69 Å². The number of Topliss-reactive ketones (excluding diaryl/α,β-unsaturated/α-hetero) is 1. The Morgan fingerprint density at radius 1 is 1.56 bits per heavy atom. The largest absolute Gasteiger partial charge is 0.377 e. The lowest BCUT2D eigenvalue weighted by Crippen LogP contribution is -2.11. The van der Waals surface area contributed by atoms with Crippen molar-refractivity contribution in [1.82, 2.24) is 0 Å². The van der Waals surface area contributed by atoms with Gasteiger partial charge in [0, 0.05) is 30.2 Å². The van der Waals surface area contributed by atoms with Crippen molar-refractivity contribution >= 4 is 23.1 Å². The first-order chi connectivity index (χ1) is 7.54. The van der Waals surface area contributed by atoms with Crippen LogP contribution in [0.2, 0.25) is 5.02 Å². The number of nitro groups is 1. The van der Waals surface area contributed by atoms with Gasteiger partial charge in [-0.05, 0) is 12.1 Å². The minimum atomic E-state index is -0.536. The number of benzene rings is 1. The Labute approximate surface area is 97.1 Å². The van der Waals surface area contributed by atoms with E-state index >= 15 is 0 Å². The molecule has 0 atom stereocenters. The van der Waals surface area contributed by atoms with Gasteiger partial charge in [-0.3, -0.25) is 14.9 Å². The van der Waals surface area contributed by atoms with E-state index in [2.05, 4.69) is 4.74 Å². The molecule has 0 unspecified atom stereocenters. The first-order valence-electron chi connectivity index (χ1n) is 4.48. The van der Waals surface area contributed by atoms with Crippen LogP contribution in [-0.2, 0) is 16.0 Å². The summed E-state index contributed by atoms with van der Waals surface area (Å²) in [5, 5.41) is 11.1. The third kappa shape index (κ3) is 3.29. The molecule has 5 nitrogen and oxygen atoms in total. The van der Waals surface area contributed by atoms with E-state index in [-0.39, 0.29) is 24.5 Å². The number of hydrogen-bond donors (Lipinski definition) is 0.